The topological polar surface area (TPSA) is 41.1 Å². The van der Waals surface area contributed by atoms with Crippen molar-refractivity contribution in [2.45, 2.75) is 30.7 Å². The maximum atomic E-state index is 11.7. The van der Waals surface area contributed by atoms with Crippen LogP contribution in [0.5, 0.6) is 0 Å². The fourth-order valence-corrected chi connectivity index (χ4v) is 2.33. The second kappa shape index (κ2) is 6.07. The summed E-state index contributed by atoms with van der Waals surface area (Å²) in [5, 5.41) is 6.17. The van der Waals surface area contributed by atoms with Gasteiger partial charge in [-0.05, 0) is 30.7 Å². The molecule has 0 bridgehead atoms. The van der Waals surface area contributed by atoms with Crippen LogP contribution in [0, 0.1) is 0 Å². The maximum Gasteiger partial charge on any atom is 0.238 e. The highest BCUT2D eigenvalue weighted by Gasteiger charge is 2.21. The Hall–Kier alpha value is -1.00. The third-order valence-corrected chi connectivity index (χ3v) is 3.55. The van der Waals surface area contributed by atoms with Gasteiger partial charge >= 0.3 is 0 Å². The molecular formula is C13H18N2OS. The molecule has 1 aromatic carbocycles. The minimum atomic E-state index is 0.0426. The predicted octanol–water partition coefficient (Wildman–Crippen LogP) is 2.49. The van der Waals surface area contributed by atoms with Crippen molar-refractivity contribution in [1.82, 2.24) is 5.32 Å². The highest BCUT2D eigenvalue weighted by atomic mass is 32.2. The van der Waals surface area contributed by atoms with Gasteiger partial charge in [-0.1, -0.05) is 19.1 Å². The average Bonchev–Trinajstić information content (AvgIpc) is 3.13. The minimum absolute atomic E-state index is 0.0426. The van der Waals surface area contributed by atoms with Gasteiger partial charge in [-0.15, -0.1) is 11.8 Å². The molecule has 0 heterocycles. The van der Waals surface area contributed by atoms with Crippen molar-refractivity contribution in [3.8, 4) is 0 Å². The zero-order chi connectivity index (χ0) is 12.1. The summed E-state index contributed by atoms with van der Waals surface area (Å²) in [6.07, 6.45) is 2.41. The molecule has 4 heteroatoms. The Balaban J connectivity index is 1.89. The number of carbonyl (C=O) groups is 1. The summed E-state index contributed by atoms with van der Waals surface area (Å²) < 4.78 is 0. The highest BCUT2D eigenvalue weighted by molar-refractivity contribution is 7.99. The third-order valence-electron chi connectivity index (χ3n) is 2.59. The molecule has 0 aromatic heterocycles. The number of thioether (sulfide) groups is 1. The van der Waals surface area contributed by atoms with Crippen molar-refractivity contribution >= 4 is 23.4 Å². The standard InChI is InChI=1S/C13H18N2OS/c1-2-17-12-6-4-3-5-11(12)15-13(16)9-14-10-7-8-10/h3-6,10,14H,2,7-9H2,1H3,(H,15,16). The van der Waals surface area contributed by atoms with Gasteiger partial charge in [0.1, 0.15) is 0 Å². The van der Waals surface area contributed by atoms with Gasteiger partial charge < -0.3 is 10.6 Å². The van der Waals surface area contributed by atoms with Crippen LogP contribution < -0.4 is 10.6 Å². The minimum Gasteiger partial charge on any atom is -0.324 e. The molecule has 1 fully saturated rings. The normalized spacial score (nSPS) is 14.6. The van der Waals surface area contributed by atoms with E-state index in [1.165, 1.54) is 12.8 Å². The number of hydrogen-bond donors (Lipinski definition) is 2. The molecule has 0 unspecified atom stereocenters. The van der Waals surface area contributed by atoms with Crippen LogP contribution in [0.15, 0.2) is 29.2 Å². The number of amides is 1. The first-order valence-corrected chi connectivity index (χ1v) is 7.03. The van der Waals surface area contributed by atoms with E-state index in [2.05, 4.69) is 17.6 Å². The molecule has 0 saturated heterocycles. The Bertz CT molecular complexity index is 391. The van der Waals surface area contributed by atoms with Gasteiger partial charge in [0.15, 0.2) is 0 Å². The number of hydrogen-bond acceptors (Lipinski definition) is 3. The van der Waals surface area contributed by atoms with Gasteiger partial charge in [-0.2, -0.15) is 0 Å². The Morgan fingerprint density at radius 1 is 1.41 bits per heavy atom. The molecule has 1 saturated carbocycles. The molecule has 0 atom stereocenters. The Labute approximate surface area is 106 Å². The van der Waals surface area contributed by atoms with E-state index in [4.69, 9.17) is 0 Å². The lowest BCUT2D eigenvalue weighted by atomic mass is 10.3. The molecule has 92 valence electrons. The maximum absolute atomic E-state index is 11.7. The van der Waals surface area contributed by atoms with Crippen LogP contribution in [0.2, 0.25) is 0 Å². The summed E-state index contributed by atoms with van der Waals surface area (Å²) in [4.78, 5) is 12.9. The molecule has 0 aliphatic heterocycles. The van der Waals surface area contributed by atoms with Crippen molar-refractivity contribution in [2.24, 2.45) is 0 Å². The van der Waals surface area contributed by atoms with E-state index >= 15 is 0 Å². The van der Waals surface area contributed by atoms with E-state index in [1.54, 1.807) is 11.8 Å². The second-order valence-electron chi connectivity index (χ2n) is 4.13. The third kappa shape index (κ3) is 4.06. The fraction of sp³-hybridized carbons (Fsp3) is 0.462. The molecular weight excluding hydrogens is 232 g/mol. The van der Waals surface area contributed by atoms with Crippen molar-refractivity contribution in [3.05, 3.63) is 24.3 Å². The van der Waals surface area contributed by atoms with E-state index in [9.17, 15) is 4.79 Å². The molecule has 2 rings (SSSR count). The van der Waals surface area contributed by atoms with Crippen LogP contribution >= 0.6 is 11.8 Å². The first-order valence-electron chi connectivity index (χ1n) is 6.04. The quantitative estimate of drug-likeness (QED) is 0.762. The molecule has 2 N–H and O–H groups in total. The van der Waals surface area contributed by atoms with Crippen molar-refractivity contribution in [2.75, 3.05) is 17.6 Å². The van der Waals surface area contributed by atoms with Crippen LogP contribution in [-0.4, -0.2) is 24.2 Å². The number of benzene rings is 1. The zero-order valence-electron chi connectivity index (χ0n) is 10.0. The molecule has 0 radical (unpaired) electrons. The molecule has 3 nitrogen and oxygen atoms in total. The zero-order valence-corrected chi connectivity index (χ0v) is 10.8. The van der Waals surface area contributed by atoms with Gasteiger partial charge in [-0.25, -0.2) is 0 Å². The average molecular weight is 250 g/mol. The highest BCUT2D eigenvalue weighted by Crippen LogP contribution is 2.26. The van der Waals surface area contributed by atoms with E-state index in [1.807, 2.05) is 24.3 Å². The SMILES string of the molecule is CCSc1ccccc1NC(=O)CNC1CC1. The van der Waals surface area contributed by atoms with Gasteiger partial charge in [-0.3, -0.25) is 4.79 Å². The van der Waals surface area contributed by atoms with Crippen molar-refractivity contribution in [1.29, 1.82) is 0 Å². The van der Waals surface area contributed by atoms with Crippen LogP contribution in [-0.2, 0) is 4.79 Å². The molecule has 1 aliphatic rings. The predicted molar refractivity (Wildman–Crippen MR) is 72.5 cm³/mol. The molecule has 1 amide bonds. The molecule has 1 aromatic rings. The van der Waals surface area contributed by atoms with E-state index in [-0.39, 0.29) is 5.91 Å². The Morgan fingerprint density at radius 2 is 2.18 bits per heavy atom. The van der Waals surface area contributed by atoms with Crippen LogP contribution in [0.1, 0.15) is 19.8 Å². The lowest BCUT2D eigenvalue weighted by Crippen LogP contribution is -2.29. The largest absolute Gasteiger partial charge is 0.324 e. The lowest BCUT2D eigenvalue weighted by molar-refractivity contribution is -0.115. The van der Waals surface area contributed by atoms with Gasteiger partial charge in [0.25, 0.3) is 0 Å². The second-order valence-corrected chi connectivity index (χ2v) is 5.44. The molecule has 0 spiro atoms. The van der Waals surface area contributed by atoms with Crippen molar-refractivity contribution in [3.63, 3.8) is 0 Å². The summed E-state index contributed by atoms with van der Waals surface area (Å²) >= 11 is 1.75. The van der Waals surface area contributed by atoms with E-state index in [0.29, 0.717) is 12.6 Å². The summed E-state index contributed by atoms with van der Waals surface area (Å²) in [5.41, 5.74) is 0.918. The first kappa shape index (κ1) is 12.5. The number of para-hydroxylation sites is 1. The lowest BCUT2D eigenvalue weighted by Gasteiger charge is -2.10. The number of rotatable bonds is 6. The van der Waals surface area contributed by atoms with Crippen LogP contribution in [0.25, 0.3) is 0 Å². The Morgan fingerprint density at radius 3 is 2.88 bits per heavy atom. The Kier molecular flexibility index (Phi) is 4.45. The summed E-state index contributed by atoms with van der Waals surface area (Å²) in [7, 11) is 0. The van der Waals surface area contributed by atoms with Gasteiger partial charge in [0.2, 0.25) is 5.91 Å². The monoisotopic (exact) mass is 250 g/mol. The summed E-state index contributed by atoms with van der Waals surface area (Å²) in [6.45, 7) is 2.52. The summed E-state index contributed by atoms with van der Waals surface area (Å²) in [5.74, 6) is 1.05. The smallest absolute Gasteiger partial charge is 0.238 e. The molecule has 1 aliphatic carbocycles. The van der Waals surface area contributed by atoms with Crippen LogP contribution in [0.3, 0.4) is 0 Å². The number of anilines is 1. The van der Waals surface area contributed by atoms with Gasteiger partial charge in [0, 0.05) is 10.9 Å². The van der Waals surface area contributed by atoms with Gasteiger partial charge in [0.05, 0.1) is 12.2 Å². The fourth-order valence-electron chi connectivity index (χ4n) is 1.57. The molecule has 17 heavy (non-hydrogen) atoms. The first-order chi connectivity index (χ1) is 8.29. The van der Waals surface area contributed by atoms with E-state index in [0.717, 1.165) is 16.3 Å². The van der Waals surface area contributed by atoms with Crippen LogP contribution in [0.4, 0.5) is 5.69 Å². The number of carbonyl (C=O) groups excluding carboxylic acids is 1. The number of nitrogens with one attached hydrogen (secondary N) is 2. The van der Waals surface area contributed by atoms with Crippen molar-refractivity contribution < 1.29 is 4.79 Å². The van der Waals surface area contributed by atoms with E-state index < -0.39 is 0 Å². The summed E-state index contributed by atoms with van der Waals surface area (Å²) in [6, 6.07) is 8.51.